The molecule has 19 nitrogen and oxygen atoms in total. The van der Waals surface area contributed by atoms with Crippen molar-refractivity contribution in [3.05, 3.63) is 36.5 Å². The van der Waals surface area contributed by atoms with Gasteiger partial charge in [0.25, 0.3) is 0 Å². The molecule has 3 saturated heterocycles. The van der Waals surface area contributed by atoms with E-state index in [1.807, 2.05) is 6.08 Å². The molecule has 17 unspecified atom stereocenters. The summed E-state index contributed by atoms with van der Waals surface area (Å²) in [5, 5.41) is 121. The van der Waals surface area contributed by atoms with Crippen molar-refractivity contribution in [1.29, 1.82) is 0 Å². The fraction of sp³-hybridized carbons (Fsp3) is 0.918. The molecule has 19 heteroatoms. The predicted octanol–water partition coefficient (Wildman–Crippen LogP) is 15.5. The third-order valence-corrected chi connectivity index (χ3v) is 21.7. The number of nitrogens with one attached hydrogen (secondary N) is 1. The highest BCUT2D eigenvalue weighted by atomic mass is 16.8. The molecule has 0 aromatic heterocycles. The Hall–Kier alpha value is -1.99. The summed E-state index contributed by atoms with van der Waals surface area (Å²) in [6.45, 7) is 1.76. The van der Waals surface area contributed by atoms with Crippen molar-refractivity contribution in [2.24, 2.45) is 0 Å². The number of allylic oxidation sites excluding steroid dienone is 5. The smallest absolute Gasteiger partial charge is 0.220 e. The summed E-state index contributed by atoms with van der Waals surface area (Å²) >= 11 is 0. The van der Waals surface area contributed by atoms with Crippen LogP contribution in [0.5, 0.6) is 0 Å². The van der Waals surface area contributed by atoms with E-state index in [0.717, 1.165) is 38.5 Å². The molecule has 0 aromatic carbocycles. The Morgan fingerprint density at radius 1 is 0.337 bits per heavy atom. The van der Waals surface area contributed by atoms with Crippen molar-refractivity contribution < 1.29 is 89.4 Å². The number of amides is 1. The molecule has 3 rings (SSSR count). The van der Waals surface area contributed by atoms with Crippen molar-refractivity contribution in [3.8, 4) is 0 Å². The first-order chi connectivity index (χ1) is 50.8. The Kier molecular flexibility index (Phi) is 60.8. The lowest BCUT2D eigenvalue weighted by molar-refractivity contribution is -0.379. The van der Waals surface area contributed by atoms with E-state index in [2.05, 4.69) is 43.5 Å². The van der Waals surface area contributed by atoms with Crippen LogP contribution in [0.25, 0.3) is 0 Å². The van der Waals surface area contributed by atoms with Gasteiger partial charge >= 0.3 is 0 Å². The zero-order chi connectivity index (χ0) is 75.3. The lowest BCUT2D eigenvalue weighted by Crippen LogP contribution is -2.66. The van der Waals surface area contributed by atoms with Crippen LogP contribution < -0.4 is 5.32 Å². The number of carbonyl (C=O) groups excluding carboxylic acids is 1. The number of hydrogen-bond donors (Lipinski definition) is 12. The van der Waals surface area contributed by atoms with Crippen LogP contribution in [0, 0.1) is 0 Å². The van der Waals surface area contributed by atoms with Gasteiger partial charge in [-0.05, 0) is 57.8 Å². The highest BCUT2D eigenvalue weighted by Crippen LogP contribution is 2.33. The fourth-order valence-electron chi connectivity index (χ4n) is 14.7. The van der Waals surface area contributed by atoms with Crippen LogP contribution >= 0.6 is 0 Å². The van der Waals surface area contributed by atoms with Crippen LogP contribution in [0.3, 0.4) is 0 Å². The predicted molar refractivity (Wildman–Crippen MR) is 416 cm³/mol. The Morgan fingerprint density at radius 2 is 0.615 bits per heavy atom. The number of unbranched alkanes of at least 4 members (excludes halogenated alkanes) is 50. The van der Waals surface area contributed by atoms with E-state index >= 15 is 0 Å². The van der Waals surface area contributed by atoms with E-state index in [-0.39, 0.29) is 18.9 Å². The van der Waals surface area contributed by atoms with E-state index in [9.17, 15) is 61.0 Å². The molecular weight excluding hydrogens is 1320 g/mol. The van der Waals surface area contributed by atoms with Gasteiger partial charge in [-0.25, -0.2) is 0 Å². The first-order valence-electron chi connectivity index (χ1n) is 43.2. The second-order valence-electron chi connectivity index (χ2n) is 31.0. The third-order valence-electron chi connectivity index (χ3n) is 21.7. The maximum atomic E-state index is 13.5. The van der Waals surface area contributed by atoms with Crippen LogP contribution in [0.4, 0.5) is 0 Å². The second-order valence-corrected chi connectivity index (χ2v) is 31.0. The van der Waals surface area contributed by atoms with E-state index in [1.165, 1.54) is 295 Å². The zero-order valence-corrected chi connectivity index (χ0v) is 65.8. The molecule has 12 N–H and O–H groups in total. The molecule has 17 atom stereocenters. The average Bonchev–Trinajstić information content (AvgIpc) is 0.783. The number of carbonyl (C=O) groups is 1. The first kappa shape index (κ1) is 96.2. The Morgan fingerprint density at radius 3 is 0.962 bits per heavy atom. The molecule has 3 aliphatic heterocycles. The molecule has 3 aliphatic rings. The highest BCUT2D eigenvalue weighted by molar-refractivity contribution is 5.76. The summed E-state index contributed by atoms with van der Waals surface area (Å²) in [5.41, 5.74) is 0. The molecule has 0 bridgehead atoms. The molecule has 0 spiro atoms. The van der Waals surface area contributed by atoms with Gasteiger partial charge in [-0.3, -0.25) is 4.79 Å². The van der Waals surface area contributed by atoms with E-state index < -0.39 is 124 Å². The summed E-state index contributed by atoms with van der Waals surface area (Å²) in [4.78, 5) is 13.5. The van der Waals surface area contributed by atoms with Gasteiger partial charge in [0, 0.05) is 6.42 Å². The van der Waals surface area contributed by atoms with Crippen molar-refractivity contribution >= 4 is 5.91 Å². The molecule has 0 aromatic rings. The van der Waals surface area contributed by atoms with Crippen molar-refractivity contribution in [2.45, 2.75) is 471 Å². The minimum absolute atomic E-state index is 0.240. The molecule has 1 amide bonds. The summed E-state index contributed by atoms with van der Waals surface area (Å²) < 4.78 is 34.4. The summed E-state index contributed by atoms with van der Waals surface area (Å²) in [6, 6.07) is -0.989. The number of aliphatic hydroxyl groups is 11. The molecule has 612 valence electrons. The average molecular weight is 1480 g/mol. The highest BCUT2D eigenvalue weighted by Gasteiger charge is 2.54. The van der Waals surface area contributed by atoms with Crippen molar-refractivity contribution in [2.75, 3.05) is 26.4 Å². The number of ether oxygens (including phenoxy) is 6. The molecule has 0 saturated carbocycles. The SMILES string of the molecule is CCCCCCCCCC/C=C\CCCCCCCCCCCCCCCCCCCCCCCCCCCCCCCC(=O)NC(COC1OC(CO)C(OC2OC(CO)C(OC3OC(CO)C(O)C(O)C3O)C(O)C2O)C(O)C1O)C(O)/C=C/CC/C=C/CCCCCCCCCCCCCC. The van der Waals surface area contributed by atoms with Gasteiger partial charge in [0.1, 0.15) is 73.2 Å². The topological polar surface area (TPSA) is 307 Å². The van der Waals surface area contributed by atoms with E-state index in [1.54, 1.807) is 6.08 Å². The molecule has 0 aliphatic carbocycles. The number of aliphatic hydroxyl groups excluding tert-OH is 11. The van der Waals surface area contributed by atoms with E-state index in [4.69, 9.17) is 28.4 Å². The van der Waals surface area contributed by atoms with E-state index in [0.29, 0.717) is 12.8 Å². The standard InChI is InChI=1S/C85H159NO18/c1-3-5-7-9-11-13-15-17-19-21-23-24-25-26-27-28-29-30-31-32-33-34-35-36-37-38-39-40-41-42-43-44-45-47-49-51-53-55-57-59-61-63-73(91)86-68(69(90)62-60-58-56-54-52-50-48-46-22-20-18-16-14-12-10-8-6-4-2)67-99-83-79(97)76(94)81(71(65-88)101-83)104-85-80(98)77(95)82(72(66-89)102-85)103-84-78(96)75(93)74(92)70(64-87)100-84/h21,23,52,54,60,62,68-72,74-85,87-90,92-98H,3-20,22,24-51,53,55-59,61,63-67H2,1-2H3,(H,86,91)/b23-21-,54-52+,62-60+. The van der Waals surface area contributed by atoms with Crippen LogP contribution in [0.15, 0.2) is 36.5 Å². The quantitative estimate of drug-likeness (QED) is 0.0199. The summed E-state index contributed by atoms with van der Waals surface area (Å²) in [6.07, 6.45) is 56.1. The fourth-order valence-corrected chi connectivity index (χ4v) is 14.7. The Bertz CT molecular complexity index is 2020. The van der Waals surface area contributed by atoms with Gasteiger partial charge in [-0.15, -0.1) is 0 Å². The normalized spacial score (nSPS) is 26.0. The molecule has 104 heavy (non-hydrogen) atoms. The lowest BCUT2D eigenvalue weighted by atomic mass is 9.96. The molecular formula is C85H159NO18. The Labute approximate surface area is 631 Å². The zero-order valence-electron chi connectivity index (χ0n) is 65.8. The van der Waals surface area contributed by atoms with Gasteiger partial charge in [0.05, 0.1) is 38.6 Å². The van der Waals surface area contributed by atoms with Crippen LogP contribution in [-0.2, 0) is 33.2 Å². The lowest BCUT2D eigenvalue weighted by Gasteiger charge is -2.48. The second kappa shape index (κ2) is 65.7. The van der Waals surface area contributed by atoms with Crippen molar-refractivity contribution in [3.63, 3.8) is 0 Å². The van der Waals surface area contributed by atoms with Crippen LogP contribution in [-0.4, -0.2) is 193 Å². The van der Waals surface area contributed by atoms with Crippen molar-refractivity contribution in [1.82, 2.24) is 5.32 Å². The van der Waals surface area contributed by atoms with Crippen LogP contribution in [0.1, 0.15) is 367 Å². The number of hydrogen-bond acceptors (Lipinski definition) is 18. The van der Waals surface area contributed by atoms with Gasteiger partial charge in [-0.2, -0.15) is 0 Å². The minimum atomic E-state index is -1.98. The maximum Gasteiger partial charge on any atom is 0.220 e. The number of rotatable bonds is 70. The van der Waals surface area contributed by atoms with Gasteiger partial charge in [-0.1, -0.05) is 339 Å². The molecule has 3 fully saturated rings. The van der Waals surface area contributed by atoms with Gasteiger partial charge in [0.2, 0.25) is 5.91 Å². The Balaban J connectivity index is 1.28. The van der Waals surface area contributed by atoms with Gasteiger partial charge < -0.3 is 89.9 Å². The first-order valence-corrected chi connectivity index (χ1v) is 43.2. The minimum Gasteiger partial charge on any atom is -0.394 e. The monoisotopic (exact) mass is 1480 g/mol. The maximum absolute atomic E-state index is 13.5. The molecule has 3 heterocycles. The summed E-state index contributed by atoms with van der Waals surface area (Å²) in [5.74, 6) is -0.278. The van der Waals surface area contributed by atoms with Crippen LogP contribution in [0.2, 0.25) is 0 Å². The largest absolute Gasteiger partial charge is 0.394 e. The van der Waals surface area contributed by atoms with Gasteiger partial charge in [0.15, 0.2) is 18.9 Å². The molecule has 0 radical (unpaired) electrons. The third kappa shape index (κ3) is 44.8. The summed E-state index contributed by atoms with van der Waals surface area (Å²) in [7, 11) is 0.